The van der Waals surface area contributed by atoms with Crippen LogP contribution in [0, 0.1) is 0 Å². The Morgan fingerprint density at radius 3 is 2.48 bits per heavy atom. The van der Waals surface area contributed by atoms with Gasteiger partial charge in [0.25, 0.3) is 0 Å². The predicted octanol–water partition coefficient (Wildman–Crippen LogP) is 6.09. The summed E-state index contributed by atoms with van der Waals surface area (Å²) in [5, 5.41) is 2.68. The molecular formula is C15H8Cl3NOS. The maximum absolute atomic E-state index is 10.9. The van der Waals surface area contributed by atoms with Gasteiger partial charge in [-0.25, -0.2) is 0 Å². The van der Waals surface area contributed by atoms with Crippen molar-refractivity contribution in [2.45, 2.75) is 9.79 Å². The lowest BCUT2D eigenvalue weighted by molar-refractivity contribution is 0.112. The average molecular weight is 357 g/mol. The van der Waals surface area contributed by atoms with Crippen molar-refractivity contribution in [2.24, 2.45) is 0 Å². The Morgan fingerprint density at radius 2 is 1.76 bits per heavy atom. The van der Waals surface area contributed by atoms with Crippen LogP contribution in [0.15, 0.2) is 46.2 Å². The van der Waals surface area contributed by atoms with E-state index in [0.29, 0.717) is 20.8 Å². The quantitative estimate of drug-likeness (QED) is 0.576. The van der Waals surface area contributed by atoms with Crippen LogP contribution in [0.2, 0.25) is 15.1 Å². The molecule has 0 bridgehead atoms. The van der Waals surface area contributed by atoms with Crippen molar-refractivity contribution in [3.8, 4) is 0 Å². The first-order chi connectivity index (χ1) is 10.1. The number of nitrogens with one attached hydrogen (secondary N) is 1. The molecular weight excluding hydrogens is 349 g/mol. The van der Waals surface area contributed by atoms with Gasteiger partial charge in [-0.2, -0.15) is 0 Å². The van der Waals surface area contributed by atoms with Crippen LogP contribution >= 0.6 is 46.6 Å². The summed E-state index contributed by atoms with van der Waals surface area (Å²) >= 11 is 19.7. The van der Waals surface area contributed by atoms with Gasteiger partial charge in [-0.1, -0.05) is 46.6 Å². The normalized spacial score (nSPS) is 11.0. The molecule has 0 spiro atoms. The lowest BCUT2D eigenvalue weighted by atomic mass is 10.2. The van der Waals surface area contributed by atoms with E-state index in [1.54, 1.807) is 24.3 Å². The van der Waals surface area contributed by atoms with Crippen molar-refractivity contribution < 1.29 is 4.79 Å². The first-order valence-corrected chi connectivity index (χ1v) is 7.92. The van der Waals surface area contributed by atoms with Crippen LogP contribution in [0.3, 0.4) is 0 Å². The molecule has 0 amide bonds. The smallest absolute Gasteiger partial charge is 0.166 e. The number of aromatic nitrogens is 1. The molecule has 0 saturated heterocycles. The summed E-state index contributed by atoms with van der Waals surface area (Å²) in [7, 11) is 0. The third-order valence-corrected chi connectivity index (χ3v) is 4.94. The van der Waals surface area contributed by atoms with Gasteiger partial charge >= 0.3 is 0 Å². The minimum atomic E-state index is 0.510. The van der Waals surface area contributed by atoms with E-state index in [2.05, 4.69) is 4.98 Å². The fraction of sp³-hybridized carbons (Fsp3) is 0. The molecule has 0 aliphatic rings. The Kier molecular flexibility index (Phi) is 4.18. The molecule has 2 aromatic carbocycles. The van der Waals surface area contributed by atoms with Crippen molar-refractivity contribution in [1.29, 1.82) is 0 Å². The number of rotatable bonds is 3. The van der Waals surface area contributed by atoms with Crippen LogP contribution < -0.4 is 0 Å². The van der Waals surface area contributed by atoms with Gasteiger partial charge in [0, 0.05) is 30.7 Å². The molecule has 106 valence electrons. The number of hydrogen-bond acceptors (Lipinski definition) is 2. The second-order valence-electron chi connectivity index (χ2n) is 4.38. The molecule has 2 nitrogen and oxygen atoms in total. The highest BCUT2D eigenvalue weighted by Crippen LogP contribution is 2.39. The van der Waals surface area contributed by atoms with Crippen molar-refractivity contribution in [2.75, 3.05) is 0 Å². The summed E-state index contributed by atoms with van der Waals surface area (Å²) in [6.07, 6.45) is 0.775. The number of carbonyl (C=O) groups is 1. The topological polar surface area (TPSA) is 32.9 Å². The second-order valence-corrected chi connectivity index (χ2v) is 6.75. The molecule has 0 aliphatic carbocycles. The van der Waals surface area contributed by atoms with Crippen LogP contribution in [0.25, 0.3) is 10.9 Å². The minimum absolute atomic E-state index is 0.510. The largest absolute Gasteiger partial charge is 0.352 e. The van der Waals surface area contributed by atoms with Crippen LogP contribution in [-0.4, -0.2) is 11.3 Å². The lowest BCUT2D eigenvalue weighted by Crippen LogP contribution is -1.79. The molecule has 0 radical (unpaired) electrons. The number of aldehydes is 1. The van der Waals surface area contributed by atoms with E-state index in [4.69, 9.17) is 34.8 Å². The SMILES string of the molecule is O=Cc1cc2c(Sc3ccc(Cl)cc3Cl)cc(Cl)cc2[nH]1. The minimum Gasteiger partial charge on any atom is -0.352 e. The number of halogens is 3. The van der Waals surface area contributed by atoms with Crippen molar-refractivity contribution in [3.05, 3.63) is 57.2 Å². The molecule has 3 rings (SSSR count). The lowest BCUT2D eigenvalue weighted by Gasteiger charge is -2.06. The number of carbonyl (C=O) groups excluding carboxylic acids is 1. The fourth-order valence-electron chi connectivity index (χ4n) is 2.02. The maximum Gasteiger partial charge on any atom is 0.166 e. The van der Waals surface area contributed by atoms with Crippen LogP contribution in [0.1, 0.15) is 10.5 Å². The van der Waals surface area contributed by atoms with Crippen molar-refractivity contribution in [3.63, 3.8) is 0 Å². The molecule has 0 aliphatic heterocycles. The summed E-state index contributed by atoms with van der Waals surface area (Å²) in [5.41, 5.74) is 1.33. The van der Waals surface area contributed by atoms with Crippen LogP contribution in [0.4, 0.5) is 0 Å². The van der Waals surface area contributed by atoms with Gasteiger partial charge < -0.3 is 4.98 Å². The molecule has 0 unspecified atom stereocenters. The van der Waals surface area contributed by atoms with Gasteiger partial charge in [0.15, 0.2) is 6.29 Å². The number of H-pyrrole nitrogens is 1. The van der Waals surface area contributed by atoms with E-state index >= 15 is 0 Å². The standard InChI is InChI=1S/C15H8Cl3NOS/c16-8-1-2-14(12(18)3-8)21-15-5-9(17)4-13-11(15)6-10(7-20)19-13/h1-7,19H. The third kappa shape index (κ3) is 3.06. The number of aromatic amines is 1. The summed E-state index contributed by atoms with van der Waals surface area (Å²) < 4.78 is 0. The average Bonchev–Trinajstić information content (AvgIpc) is 2.85. The van der Waals surface area contributed by atoms with Crippen LogP contribution in [0.5, 0.6) is 0 Å². The molecule has 1 aromatic heterocycles. The highest BCUT2D eigenvalue weighted by molar-refractivity contribution is 7.99. The maximum atomic E-state index is 10.9. The number of hydrogen-bond donors (Lipinski definition) is 1. The summed E-state index contributed by atoms with van der Waals surface area (Å²) in [5.74, 6) is 0. The van der Waals surface area contributed by atoms with Crippen molar-refractivity contribution in [1.82, 2.24) is 4.98 Å². The highest BCUT2D eigenvalue weighted by Gasteiger charge is 2.11. The third-order valence-electron chi connectivity index (χ3n) is 2.93. The summed E-state index contributed by atoms with van der Waals surface area (Å²) in [6.45, 7) is 0. The Hall–Kier alpha value is -1.13. The molecule has 3 aromatic rings. The Labute approximate surface area is 140 Å². The van der Waals surface area contributed by atoms with E-state index in [9.17, 15) is 4.79 Å². The number of fused-ring (bicyclic) bond motifs is 1. The highest BCUT2D eigenvalue weighted by atomic mass is 35.5. The molecule has 21 heavy (non-hydrogen) atoms. The fourth-order valence-corrected chi connectivity index (χ4v) is 3.82. The first-order valence-electron chi connectivity index (χ1n) is 5.97. The Morgan fingerprint density at radius 1 is 0.952 bits per heavy atom. The van der Waals surface area contributed by atoms with Gasteiger partial charge in [0.2, 0.25) is 0 Å². The van der Waals surface area contributed by atoms with E-state index < -0.39 is 0 Å². The monoisotopic (exact) mass is 355 g/mol. The zero-order chi connectivity index (χ0) is 15.0. The molecule has 6 heteroatoms. The molecule has 1 heterocycles. The molecule has 0 fully saturated rings. The van der Waals surface area contributed by atoms with Gasteiger partial charge in [0.05, 0.1) is 10.7 Å². The Bertz CT molecular complexity index is 844. The van der Waals surface area contributed by atoms with Gasteiger partial charge in [-0.15, -0.1) is 0 Å². The van der Waals surface area contributed by atoms with E-state index in [-0.39, 0.29) is 0 Å². The molecule has 1 N–H and O–H groups in total. The molecule has 0 saturated carbocycles. The van der Waals surface area contributed by atoms with Gasteiger partial charge in [-0.3, -0.25) is 4.79 Å². The zero-order valence-corrected chi connectivity index (χ0v) is 13.6. The molecule has 0 atom stereocenters. The second kappa shape index (κ2) is 5.93. The van der Waals surface area contributed by atoms with Crippen LogP contribution in [-0.2, 0) is 0 Å². The first kappa shape index (κ1) is 14.8. The van der Waals surface area contributed by atoms with E-state index in [1.807, 2.05) is 12.1 Å². The van der Waals surface area contributed by atoms with Gasteiger partial charge in [0.1, 0.15) is 0 Å². The predicted molar refractivity (Wildman–Crippen MR) is 89.3 cm³/mol. The summed E-state index contributed by atoms with van der Waals surface area (Å²) in [4.78, 5) is 15.7. The van der Waals surface area contributed by atoms with Crippen molar-refractivity contribution >= 4 is 63.8 Å². The summed E-state index contributed by atoms with van der Waals surface area (Å²) in [6, 6.07) is 10.8. The van der Waals surface area contributed by atoms with E-state index in [0.717, 1.165) is 27.0 Å². The van der Waals surface area contributed by atoms with Gasteiger partial charge in [-0.05, 0) is 36.4 Å². The number of benzene rings is 2. The zero-order valence-electron chi connectivity index (χ0n) is 10.5. The van der Waals surface area contributed by atoms with E-state index in [1.165, 1.54) is 11.8 Å². The Balaban J connectivity index is 2.10.